The van der Waals surface area contributed by atoms with Crippen molar-refractivity contribution in [3.63, 3.8) is 0 Å². The van der Waals surface area contributed by atoms with Crippen LogP contribution in [0, 0.1) is 5.82 Å². The van der Waals surface area contributed by atoms with E-state index in [1.54, 1.807) is 0 Å². The van der Waals surface area contributed by atoms with Gasteiger partial charge in [-0.25, -0.2) is 12.8 Å². The second-order valence-corrected chi connectivity index (χ2v) is 6.22. The van der Waals surface area contributed by atoms with E-state index in [9.17, 15) is 12.8 Å². The normalized spacial score (nSPS) is 11.2. The Morgan fingerprint density at radius 3 is 2.62 bits per heavy atom. The fourth-order valence-electron chi connectivity index (χ4n) is 1.64. The lowest BCUT2D eigenvalue weighted by Gasteiger charge is -2.11. The van der Waals surface area contributed by atoms with E-state index in [-0.39, 0.29) is 21.4 Å². The highest BCUT2D eigenvalue weighted by Crippen LogP contribution is 2.28. The number of nitrogen functional groups attached to an aromatic ring is 1. The summed E-state index contributed by atoms with van der Waals surface area (Å²) < 4.78 is 44.9. The van der Waals surface area contributed by atoms with Crippen LogP contribution in [0.2, 0.25) is 5.02 Å². The molecule has 0 heterocycles. The van der Waals surface area contributed by atoms with Crippen LogP contribution in [0.4, 0.5) is 15.8 Å². The average molecular weight is 331 g/mol. The van der Waals surface area contributed by atoms with Gasteiger partial charge in [0.2, 0.25) is 0 Å². The minimum absolute atomic E-state index is 0.0486. The zero-order valence-electron chi connectivity index (χ0n) is 10.9. The Morgan fingerprint density at radius 1 is 1.24 bits per heavy atom. The summed E-state index contributed by atoms with van der Waals surface area (Å²) in [5.74, 6) is -0.379. The topological polar surface area (TPSA) is 81.4 Å². The summed E-state index contributed by atoms with van der Waals surface area (Å²) in [5.41, 5.74) is 5.89. The highest BCUT2D eigenvalue weighted by Gasteiger charge is 2.18. The van der Waals surface area contributed by atoms with Crippen molar-refractivity contribution in [3.05, 3.63) is 47.2 Å². The SMILES string of the molecule is COc1cc(S(=O)(=O)Nc2cc(F)ccc2Cl)ccc1N. The Hall–Kier alpha value is -1.99. The molecule has 0 bridgehead atoms. The second-order valence-electron chi connectivity index (χ2n) is 4.13. The minimum atomic E-state index is -3.94. The van der Waals surface area contributed by atoms with Crippen LogP contribution in [-0.4, -0.2) is 15.5 Å². The molecule has 21 heavy (non-hydrogen) atoms. The van der Waals surface area contributed by atoms with E-state index in [1.165, 1.54) is 31.4 Å². The van der Waals surface area contributed by atoms with Crippen LogP contribution in [0.5, 0.6) is 5.75 Å². The van der Waals surface area contributed by atoms with Crippen molar-refractivity contribution in [2.75, 3.05) is 17.6 Å². The highest BCUT2D eigenvalue weighted by atomic mass is 35.5. The van der Waals surface area contributed by atoms with Crippen LogP contribution >= 0.6 is 11.6 Å². The summed E-state index contributed by atoms with van der Waals surface area (Å²) in [5, 5.41) is 0.0855. The molecule has 0 fully saturated rings. The first kappa shape index (κ1) is 15.4. The minimum Gasteiger partial charge on any atom is -0.495 e. The van der Waals surface area contributed by atoms with E-state index in [0.29, 0.717) is 5.69 Å². The number of nitrogens with one attached hydrogen (secondary N) is 1. The summed E-state index contributed by atoms with van der Waals surface area (Å²) in [4.78, 5) is -0.0751. The monoisotopic (exact) mass is 330 g/mol. The van der Waals surface area contributed by atoms with Gasteiger partial charge in [-0.15, -0.1) is 0 Å². The molecule has 2 rings (SSSR count). The number of benzene rings is 2. The summed E-state index contributed by atoms with van der Waals surface area (Å²) in [6.07, 6.45) is 0. The summed E-state index contributed by atoms with van der Waals surface area (Å²) in [6, 6.07) is 7.37. The first-order valence-electron chi connectivity index (χ1n) is 5.75. The number of sulfonamides is 1. The van der Waals surface area contributed by atoms with Gasteiger partial charge in [0.25, 0.3) is 10.0 Å². The molecule has 0 aliphatic heterocycles. The molecule has 0 aliphatic carbocycles. The first-order valence-corrected chi connectivity index (χ1v) is 7.61. The molecule has 0 atom stereocenters. The van der Waals surface area contributed by atoms with Crippen LogP contribution in [0.3, 0.4) is 0 Å². The highest BCUT2D eigenvalue weighted by molar-refractivity contribution is 7.92. The largest absolute Gasteiger partial charge is 0.495 e. The molecular weight excluding hydrogens is 319 g/mol. The lowest BCUT2D eigenvalue weighted by atomic mass is 10.3. The maximum Gasteiger partial charge on any atom is 0.262 e. The predicted octanol–water partition coefficient (Wildman–Crippen LogP) is 2.87. The zero-order chi connectivity index (χ0) is 15.6. The van der Waals surface area contributed by atoms with Gasteiger partial charge in [-0.1, -0.05) is 11.6 Å². The molecule has 0 aliphatic rings. The smallest absolute Gasteiger partial charge is 0.262 e. The van der Waals surface area contributed by atoms with Crippen molar-refractivity contribution in [2.24, 2.45) is 0 Å². The Kier molecular flexibility index (Phi) is 4.24. The number of nitrogens with two attached hydrogens (primary N) is 1. The van der Waals surface area contributed by atoms with Gasteiger partial charge in [-0.2, -0.15) is 0 Å². The Labute approximate surface area is 126 Å². The molecule has 2 aromatic rings. The van der Waals surface area contributed by atoms with Gasteiger partial charge >= 0.3 is 0 Å². The summed E-state index contributed by atoms with van der Waals surface area (Å²) in [7, 11) is -2.56. The number of ether oxygens (including phenoxy) is 1. The first-order chi connectivity index (χ1) is 9.83. The molecule has 0 radical (unpaired) electrons. The van der Waals surface area contributed by atoms with Crippen molar-refractivity contribution < 1.29 is 17.5 Å². The van der Waals surface area contributed by atoms with Crippen molar-refractivity contribution >= 4 is 33.0 Å². The molecular formula is C13H12ClFN2O3S. The average Bonchev–Trinajstić information content (AvgIpc) is 2.43. The van der Waals surface area contributed by atoms with E-state index in [4.69, 9.17) is 22.1 Å². The third-order valence-electron chi connectivity index (χ3n) is 2.69. The van der Waals surface area contributed by atoms with Gasteiger partial charge in [-0.05, 0) is 30.3 Å². The lowest BCUT2D eigenvalue weighted by Crippen LogP contribution is -2.13. The molecule has 0 spiro atoms. The van der Waals surface area contributed by atoms with Crippen LogP contribution in [-0.2, 0) is 10.0 Å². The number of anilines is 2. The number of hydrogen-bond acceptors (Lipinski definition) is 4. The van der Waals surface area contributed by atoms with E-state index in [1.807, 2.05) is 0 Å². The van der Waals surface area contributed by atoms with Crippen LogP contribution in [0.25, 0.3) is 0 Å². The molecule has 0 amide bonds. The van der Waals surface area contributed by atoms with Gasteiger partial charge in [0, 0.05) is 6.07 Å². The van der Waals surface area contributed by atoms with Gasteiger partial charge in [-0.3, -0.25) is 4.72 Å². The third kappa shape index (κ3) is 3.37. The molecule has 0 saturated heterocycles. The quantitative estimate of drug-likeness (QED) is 0.845. The second kappa shape index (κ2) is 5.79. The van der Waals surface area contributed by atoms with Crippen LogP contribution in [0.1, 0.15) is 0 Å². The number of methoxy groups -OCH3 is 1. The van der Waals surface area contributed by atoms with Crippen molar-refractivity contribution in [3.8, 4) is 5.75 Å². The number of halogens is 2. The van der Waals surface area contributed by atoms with E-state index in [2.05, 4.69) is 4.72 Å². The third-order valence-corrected chi connectivity index (χ3v) is 4.38. The fourth-order valence-corrected chi connectivity index (χ4v) is 2.94. The van der Waals surface area contributed by atoms with Crippen molar-refractivity contribution in [1.82, 2.24) is 0 Å². The Bertz CT molecular complexity index is 781. The van der Waals surface area contributed by atoms with Crippen LogP contribution in [0.15, 0.2) is 41.3 Å². The maximum absolute atomic E-state index is 13.2. The summed E-state index contributed by atoms with van der Waals surface area (Å²) >= 11 is 5.84. The van der Waals surface area contributed by atoms with Crippen molar-refractivity contribution in [2.45, 2.75) is 4.90 Å². The predicted molar refractivity (Wildman–Crippen MR) is 79.6 cm³/mol. The molecule has 112 valence electrons. The maximum atomic E-state index is 13.2. The molecule has 5 nitrogen and oxygen atoms in total. The van der Waals surface area contributed by atoms with Crippen molar-refractivity contribution in [1.29, 1.82) is 0 Å². The molecule has 3 N–H and O–H groups in total. The fraction of sp³-hybridized carbons (Fsp3) is 0.0769. The molecule has 0 aromatic heterocycles. The zero-order valence-corrected chi connectivity index (χ0v) is 12.5. The van der Waals surface area contributed by atoms with Gasteiger partial charge in [0.1, 0.15) is 11.6 Å². The molecule has 0 unspecified atom stereocenters. The van der Waals surface area contributed by atoms with E-state index in [0.717, 1.165) is 12.1 Å². The van der Waals surface area contributed by atoms with Gasteiger partial charge in [0.15, 0.2) is 0 Å². The van der Waals surface area contributed by atoms with E-state index < -0.39 is 15.8 Å². The molecule has 8 heteroatoms. The van der Waals surface area contributed by atoms with Crippen LogP contribution < -0.4 is 15.2 Å². The Balaban J connectivity index is 2.41. The lowest BCUT2D eigenvalue weighted by molar-refractivity contribution is 0.415. The standard InChI is InChI=1S/C13H12ClFN2O3S/c1-20-13-7-9(3-5-11(13)16)21(18,19)17-12-6-8(15)2-4-10(12)14/h2-7,17H,16H2,1H3. The number of hydrogen-bond donors (Lipinski definition) is 2. The van der Waals surface area contributed by atoms with E-state index >= 15 is 0 Å². The number of rotatable bonds is 4. The van der Waals surface area contributed by atoms with Gasteiger partial charge < -0.3 is 10.5 Å². The molecule has 0 saturated carbocycles. The van der Waals surface area contributed by atoms with Gasteiger partial charge in [0.05, 0.1) is 28.4 Å². The summed E-state index contributed by atoms with van der Waals surface area (Å²) in [6.45, 7) is 0. The molecule has 2 aromatic carbocycles. The Morgan fingerprint density at radius 2 is 1.95 bits per heavy atom.